The van der Waals surface area contributed by atoms with E-state index in [1.807, 2.05) is 30.3 Å². The highest BCUT2D eigenvalue weighted by molar-refractivity contribution is 9.08. The van der Waals surface area contributed by atoms with Crippen molar-refractivity contribution in [2.45, 2.75) is 17.7 Å². The van der Waals surface area contributed by atoms with E-state index >= 15 is 0 Å². The molecule has 0 aliphatic carbocycles. The number of nitrogens with zero attached hydrogens (tertiary/aromatic N) is 1. The number of alkyl halides is 1. The van der Waals surface area contributed by atoms with Crippen molar-refractivity contribution in [3.63, 3.8) is 0 Å². The fourth-order valence-corrected chi connectivity index (χ4v) is 2.69. The number of para-hydroxylation sites is 1. The van der Waals surface area contributed by atoms with Crippen LogP contribution in [0.1, 0.15) is 23.6 Å². The molecule has 0 saturated carbocycles. The van der Waals surface area contributed by atoms with Gasteiger partial charge in [-0.15, -0.1) is 0 Å². The number of benzene rings is 1. The van der Waals surface area contributed by atoms with Crippen LogP contribution in [0.25, 0.3) is 0 Å². The second-order valence-corrected chi connectivity index (χ2v) is 5.36. The Morgan fingerprint density at radius 1 is 1.25 bits per heavy atom. The molecule has 1 unspecified atom stereocenters. The quantitative estimate of drug-likeness (QED) is 0.794. The molecule has 1 aliphatic rings. The summed E-state index contributed by atoms with van der Waals surface area (Å²) in [7, 11) is 0. The van der Waals surface area contributed by atoms with Gasteiger partial charge in [0.15, 0.2) is 0 Å². The molecule has 0 N–H and O–H groups in total. The van der Waals surface area contributed by atoms with Crippen LogP contribution in [0, 0.1) is 0 Å². The maximum atomic E-state index is 5.87. The van der Waals surface area contributed by atoms with Crippen LogP contribution in [0.2, 0.25) is 0 Å². The zero-order valence-corrected chi connectivity index (χ0v) is 12.7. The van der Waals surface area contributed by atoms with Crippen molar-refractivity contribution in [2.24, 2.45) is 0 Å². The minimum Gasteiger partial charge on any atom is -0.493 e. The number of pyridine rings is 1. The summed E-state index contributed by atoms with van der Waals surface area (Å²) >= 11 is 3.38. The first kappa shape index (κ1) is 13.4. The van der Waals surface area contributed by atoms with Crippen molar-refractivity contribution < 1.29 is 9.47 Å². The van der Waals surface area contributed by atoms with Crippen molar-refractivity contribution in [3.8, 4) is 11.5 Å². The summed E-state index contributed by atoms with van der Waals surface area (Å²) in [4.78, 5) is 4.31. The standard InChI is InChI=1S/C16H16BrNO2/c17-9-13-5-6-14(10-18-13)20-11-12-7-8-19-16-4-2-1-3-15(12)16/h1-6,10,12H,7-9,11H2. The Balaban J connectivity index is 1.66. The number of rotatable bonds is 4. The molecule has 0 fully saturated rings. The van der Waals surface area contributed by atoms with Gasteiger partial charge in [0.05, 0.1) is 25.1 Å². The van der Waals surface area contributed by atoms with E-state index in [0.717, 1.165) is 35.6 Å². The van der Waals surface area contributed by atoms with E-state index in [2.05, 4.69) is 27.0 Å². The Morgan fingerprint density at radius 2 is 2.15 bits per heavy atom. The molecule has 104 valence electrons. The van der Waals surface area contributed by atoms with Crippen LogP contribution in [-0.4, -0.2) is 18.2 Å². The minimum atomic E-state index is 0.385. The van der Waals surface area contributed by atoms with Gasteiger partial charge < -0.3 is 9.47 Å². The molecule has 0 bridgehead atoms. The summed E-state index contributed by atoms with van der Waals surface area (Å²) in [5.41, 5.74) is 2.25. The third kappa shape index (κ3) is 2.96. The molecule has 0 amide bonds. The Labute approximate surface area is 127 Å². The Morgan fingerprint density at radius 3 is 2.95 bits per heavy atom. The molecule has 20 heavy (non-hydrogen) atoms. The molecule has 0 spiro atoms. The average Bonchev–Trinajstić information content (AvgIpc) is 2.53. The van der Waals surface area contributed by atoms with Crippen LogP contribution >= 0.6 is 15.9 Å². The molecular weight excluding hydrogens is 318 g/mol. The number of halogens is 1. The number of fused-ring (bicyclic) bond motifs is 1. The van der Waals surface area contributed by atoms with E-state index < -0.39 is 0 Å². The third-order valence-electron chi connectivity index (χ3n) is 3.47. The summed E-state index contributed by atoms with van der Waals surface area (Å²) in [6.45, 7) is 1.42. The lowest BCUT2D eigenvalue weighted by atomic mass is 9.94. The van der Waals surface area contributed by atoms with Gasteiger partial charge in [-0.25, -0.2) is 0 Å². The predicted octanol–water partition coefficient (Wildman–Crippen LogP) is 3.92. The van der Waals surface area contributed by atoms with Gasteiger partial charge in [0.25, 0.3) is 0 Å². The van der Waals surface area contributed by atoms with E-state index in [1.165, 1.54) is 5.56 Å². The van der Waals surface area contributed by atoms with E-state index in [9.17, 15) is 0 Å². The zero-order valence-electron chi connectivity index (χ0n) is 11.1. The number of ether oxygens (including phenoxy) is 2. The van der Waals surface area contributed by atoms with Gasteiger partial charge in [-0.05, 0) is 24.6 Å². The Hall–Kier alpha value is -1.55. The molecule has 1 aliphatic heterocycles. The zero-order chi connectivity index (χ0) is 13.8. The molecule has 1 atom stereocenters. The van der Waals surface area contributed by atoms with E-state index in [4.69, 9.17) is 9.47 Å². The second kappa shape index (κ2) is 6.27. The van der Waals surface area contributed by atoms with Gasteiger partial charge in [0.1, 0.15) is 11.5 Å². The lowest BCUT2D eigenvalue weighted by Crippen LogP contribution is -2.19. The van der Waals surface area contributed by atoms with E-state index in [-0.39, 0.29) is 0 Å². The van der Waals surface area contributed by atoms with Crippen LogP contribution in [0.4, 0.5) is 0 Å². The Kier molecular flexibility index (Phi) is 4.21. The van der Waals surface area contributed by atoms with Gasteiger partial charge in [-0.2, -0.15) is 0 Å². The number of aromatic nitrogens is 1. The average molecular weight is 334 g/mol. The fourth-order valence-electron chi connectivity index (χ4n) is 2.36. The van der Waals surface area contributed by atoms with Gasteiger partial charge in [0.2, 0.25) is 0 Å². The van der Waals surface area contributed by atoms with Crippen LogP contribution in [-0.2, 0) is 5.33 Å². The van der Waals surface area contributed by atoms with Gasteiger partial charge in [0, 0.05) is 16.8 Å². The molecular formula is C16H16BrNO2. The van der Waals surface area contributed by atoms with Gasteiger partial charge >= 0.3 is 0 Å². The van der Waals surface area contributed by atoms with Crippen LogP contribution < -0.4 is 9.47 Å². The van der Waals surface area contributed by atoms with Crippen molar-refractivity contribution in [1.82, 2.24) is 4.98 Å². The molecule has 2 aromatic rings. The molecule has 0 radical (unpaired) electrons. The SMILES string of the molecule is BrCc1ccc(OCC2CCOc3ccccc32)cn1. The van der Waals surface area contributed by atoms with Crippen LogP contribution in [0.5, 0.6) is 11.5 Å². The van der Waals surface area contributed by atoms with Gasteiger partial charge in [-0.1, -0.05) is 34.1 Å². The fraction of sp³-hybridized carbons (Fsp3) is 0.312. The lowest BCUT2D eigenvalue weighted by Gasteiger charge is -2.25. The second-order valence-electron chi connectivity index (χ2n) is 4.80. The molecule has 3 nitrogen and oxygen atoms in total. The molecule has 1 aromatic carbocycles. The monoisotopic (exact) mass is 333 g/mol. The summed E-state index contributed by atoms with van der Waals surface area (Å²) < 4.78 is 11.5. The third-order valence-corrected chi connectivity index (χ3v) is 4.04. The normalized spacial score (nSPS) is 17.1. The molecule has 0 saturated heterocycles. The van der Waals surface area contributed by atoms with Crippen molar-refractivity contribution in [2.75, 3.05) is 13.2 Å². The summed E-state index contributed by atoms with van der Waals surface area (Å²) in [5.74, 6) is 2.19. The highest BCUT2D eigenvalue weighted by atomic mass is 79.9. The largest absolute Gasteiger partial charge is 0.493 e. The first-order chi connectivity index (χ1) is 9.86. The molecule has 1 aromatic heterocycles. The lowest BCUT2D eigenvalue weighted by molar-refractivity contribution is 0.217. The van der Waals surface area contributed by atoms with Crippen molar-refractivity contribution in [1.29, 1.82) is 0 Å². The predicted molar refractivity (Wildman–Crippen MR) is 81.7 cm³/mol. The van der Waals surface area contributed by atoms with Crippen molar-refractivity contribution >= 4 is 15.9 Å². The minimum absolute atomic E-state index is 0.385. The maximum absolute atomic E-state index is 5.87. The van der Waals surface area contributed by atoms with E-state index in [0.29, 0.717) is 12.5 Å². The first-order valence-corrected chi connectivity index (χ1v) is 7.84. The van der Waals surface area contributed by atoms with Crippen LogP contribution in [0.3, 0.4) is 0 Å². The Bertz CT molecular complexity index is 571. The highest BCUT2D eigenvalue weighted by Crippen LogP contribution is 2.33. The number of hydrogen-bond acceptors (Lipinski definition) is 3. The molecule has 4 heteroatoms. The smallest absolute Gasteiger partial charge is 0.137 e. The van der Waals surface area contributed by atoms with Crippen molar-refractivity contribution in [3.05, 3.63) is 53.9 Å². The summed E-state index contributed by atoms with van der Waals surface area (Å²) in [5, 5.41) is 0.765. The van der Waals surface area contributed by atoms with Gasteiger partial charge in [-0.3, -0.25) is 4.98 Å². The van der Waals surface area contributed by atoms with E-state index in [1.54, 1.807) is 6.20 Å². The molecule has 3 rings (SSSR count). The topological polar surface area (TPSA) is 31.4 Å². The molecule has 2 heterocycles. The summed E-state index contributed by atoms with van der Waals surface area (Å²) in [6, 6.07) is 12.1. The maximum Gasteiger partial charge on any atom is 0.137 e. The highest BCUT2D eigenvalue weighted by Gasteiger charge is 2.21. The summed E-state index contributed by atoms with van der Waals surface area (Å²) in [6.07, 6.45) is 2.77. The van der Waals surface area contributed by atoms with Crippen LogP contribution in [0.15, 0.2) is 42.6 Å². The number of hydrogen-bond donors (Lipinski definition) is 0. The first-order valence-electron chi connectivity index (χ1n) is 6.72.